The molecule has 1 N–H and O–H groups in total. The van der Waals surface area contributed by atoms with Gasteiger partial charge in [0, 0.05) is 19.2 Å². The molecular formula is C16H23NO. The summed E-state index contributed by atoms with van der Waals surface area (Å²) in [7, 11) is 0. The summed E-state index contributed by atoms with van der Waals surface area (Å²) in [5.41, 5.74) is 1.42. The van der Waals surface area contributed by atoms with Gasteiger partial charge in [-0.25, -0.2) is 0 Å². The van der Waals surface area contributed by atoms with E-state index in [0.717, 1.165) is 31.5 Å². The van der Waals surface area contributed by atoms with Gasteiger partial charge < -0.3 is 5.11 Å². The van der Waals surface area contributed by atoms with Crippen molar-refractivity contribution < 1.29 is 5.11 Å². The maximum absolute atomic E-state index is 9.37. The number of likely N-dealkylation sites (tertiary alicyclic amines) is 1. The summed E-state index contributed by atoms with van der Waals surface area (Å²) in [5, 5.41) is 9.37. The van der Waals surface area contributed by atoms with Crippen molar-refractivity contribution in [2.24, 2.45) is 11.8 Å². The minimum atomic E-state index is 0.377. The second kappa shape index (κ2) is 5.41. The van der Waals surface area contributed by atoms with Crippen molar-refractivity contribution in [2.45, 2.75) is 38.3 Å². The molecule has 2 atom stereocenters. The summed E-state index contributed by atoms with van der Waals surface area (Å²) in [5.74, 6) is 1.45. The lowest BCUT2D eigenvalue weighted by molar-refractivity contribution is 0.0639. The molecule has 18 heavy (non-hydrogen) atoms. The minimum absolute atomic E-state index is 0.377. The molecule has 2 fully saturated rings. The molecule has 1 saturated heterocycles. The van der Waals surface area contributed by atoms with Crippen molar-refractivity contribution in [1.29, 1.82) is 0 Å². The monoisotopic (exact) mass is 245 g/mol. The fourth-order valence-electron chi connectivity index (χ4n) is 3.27. The first-order valence-electron chi connectivity index (χ1n) is 7.25. The summed E-state index contributed by atoms with van der Waals surface area (Å²) in [6, 6.07) is 11.5. The number of aliphatic hydroxyl groups excluding tert-OH is 1. The molecule has 2 aliphatic rings. The third-order valence-electron chi connectivity index (χ3n) is 4.52. The van der Waals surface area contributed by atoms with Crippen LogP contribution in [-0.4, -0.2) is 29.2 Å². The van der Waals surface area contributed by atoms with Crippen LogP contribution in [0.25, 0.3) is 0 Å². The molecule has 1 aromatic carbocycles. The summed E-state index contributed by atoms with van der Waals surface area (Å²) >= 11 is 0. The van der Waals surface area contributed by atoms with Crippen LogP contribution in [0.2, 0.25) is 0 Å². The normalized spacial score (nSPS) is 29.4. The minimum Gasteiger partial charge on any atom is -0.396 e. The number of rotatable bonds is 4. The first-order valence-corrected chi connectivity index (χ1v) is 7.25. The molecule has 0 amide bonds. The lowest BCUT2D eigenvalue weighted by Gasteiger charge is -2.39. The van der Waals surface area contributed by atoms with E-state index >= 15 is 0 Å². The van der Waals surface area contributed by atoms with Crippen LogP contribution < -0.4 is 0 Å². The van der Waals surface area contributed by atoms with Gasteiger partial charge in [-0.15, -0.1) is 0 Å². The van der Waals surface area contributed by atoms with Crippen LogP contribution in [0.15, 0.2) is 30.3 Å². The van der Waals surface area contributed by atoms with Crippen LogP contribution in [0.4, 0.5) is 0 Å². The van der Waals surface area contributed by atoms with E-state index < -0.39 is 0 Å². The highest BCUT2D eigenvalue weighted by Gasteiger charge is 2.38. The quantitative estimate of drug-likeness (QED) is 0.881. The van der Waals surface area contributed by atoms with E-state index in [1.54, 1.807) is 0 Å². The summed E-state index contributed by atoms with van der Waals surface area (Å²) < 4.78 is 0. The third-order valence-corrected chi connectivity index (χ3v) is 4.52. The van der Waals surface area contributed by atoms with Crippen molar-refractivity contribution in [1.82, 2.24) is 4.90 Å². The zero-order valence-corrected chi connectivity index (χ0v) is 11.0. The van der Waals surface area contributed by atoms with E-state index in [-0.39, 0.29) is 0 Å². The summed E-state index contributed by atoms with van der Waals surface area (Å²) in [4.78, 5) is 2.65. The molecule has 1 aliphatic carbocycles. The Morgan fingerprint density at radius 1 is 1.11 bits per heavy atom. The van der Waals surface area contributed by atoms with Gasteiger partial charge >= 0.3 is 0 Å². The second-order valence-corrected chi connectivity index (χ2v) is 5.93. The topological polar surface area (TPSA) is 23.5 Å². The van der Waals surface area contributed by atoms with E-state index in [1.807, 2.05) is 0 Å². The van der Waals surface area contributed by atoms with Crippen LogP contribution >= 0.6 is 0 Å². The van der Waals surface area contributed by atoms with Crippen molar-refractivity contribution in [2.75, 3.05) is 13.2 Å². The Hall–Kier alpha value is -0.860. The summed E-state index contributed by atoms with van der Waals surface area (Å²) in [6.07, 6.45) is 5.16. The number of benzene rings is 1. The number of hydrogen-bond donors (Lipinski definition) is 1. The molecule has 3 rings (SSSR count). The maximum Gasteiger partial charge on any atom is 0.0460 e. The van der Waals surface area contributed by atoms with Crippen LogP contribution in [0, 0.1) is 11.8 Å². The zero-order valence-electron chi connectivity index (χ0n) is 11.0. The highest BCUT2D eigenvalue weighted by Crippen LogP contribution is 2.41. The molecule has 1 saturated carbocycles. The first kappa shape index (κ1) is 12.2. The van der Waals surface area contributed by atoms with Gasteiger partial charge in [-0.1, -0.05) is 30.3 Å². The molecule has 0 aromatic heterocycles. The van der Waals surface area contributed by atoms with Gasteiger partial charge in [0.2, 0.25) is 0 Å². The van der Waals surface area contributed by atoms with E-state index in [9.17, 15) is 5.11 Å². The van der Waals surface area contributed by atoms with Gasteiger partial charge in [0.05, 0.1) is 0 Å². The summed E-state index contributed by atoms with van der Waals surface area (Å²) in [6.45, 7) is 2.61. The Labute approximate surface area is 110 Å². The molecule has 0 bridgehead atoms. The lowest BCUT2D eigenvalue weighted by atomic mass is 9.88. The predicted molar refractivity (Wildman–Crippen MR) is 73.2 cm³/mol. The van der Waals surface area contributed by atoms with Crippen molar-refractivity contribution >= 4 is 0 Å². The van der Waals surface area contributed by atoms with Gasteiger partial charge in [0.15, 0.2) is 0 Å². The Morgan fingerprint density at radius 3 is 2.56 bits per heavy atom. The molecule has 98 valence electrons. The fraction of sp³-hybridized carbons (Fsp3) is 0.625. The Balaban J connectivity index is 1.66. The zero-order chi connectivity index (χ0) is 12.4. The second-order valence-electron chi connectivity index (χ2n) is 5.93. The van der Waals surface area contributed by atoms with Crippen LogP contribution in [-0.2, 0) is 6.54 Å². The molecule has 0 radical (unpaired) electrons. The largest absolute Gasteiger partial charge is 0.396 e. The van der Waals surface area contributed by atoms with Crippen LogP contribution in [0.1, 0.15) is 31.2 Å². The highest BCUT2D eigenvalue weighted by atomic mass is 16.3. The van der Waals surface area contributed by atoms with E-state index in [0.29, 0.717) is 12.5 Å². The average molecular weight is 245 g/mol. The predicted octanol–water partition coefficient (Wildman–Crippen LogP) is 2.67. The average Bonchev–Trinajstić information content (AvgIpc) is 3.25. The standard InChI is InChI=1S/C16H23NO/c18-12-14-8-9-17(16(10-14)15-6-7-15)11-13-4-2-1-3-5-13/h1-5,14-16,18H,6-12H2/t14-,16-/m1/s1. The SMILES string of the molecule is OC[C@@H]1CCN(Cc2ccccc2)[C@@H](C2CC2)C1. The van der Waals surface area contributed by atoms with Crippen molar-refractivity contribution in [3.8, 4) is 0 Å². The molecule has 1 heterocycles. The third kappa shape index (κ3) is 2.76. The molecule has 1 aliphatic heterocycles. The smallest absolute Gasteiger partial charge is 0.0460 e. The van der Waals surface area contributed by atoms with E-state index in [1.165, 1.54) is 24.8 Å². The number of piperidine rings is 1. The molecular weight excluding hydrogens is 222 g/mol. The number of nitrogens with zero attached hydrogens (tertiary/aromatic N) is 1. The van der Waals surface area contributed by atoms with Gasteiger partial charge in [-0.3, -0.25) is 4.90 Å². The van der Waals surface area contributed by atoms with Crippen LogP contribution in [0.3, 0.4) is 0 Å². The Kier molecular flexibility index (Phi) is 3.67. The first-order chi connectivity index (χ1) is 8.86. The highest BCUT2D eigenvalue weighted by molar-refractivity contribution is 5.15. The van der Waals surface area contributed by atoms with E-state index in [4.69, 9.17) is 0 Å². The molecule has 1 aromatic rings. The Bertz CT molecular complexity index is 374. The van der Waals surface area contributed by atoms with Crippen LogP contribution in [0.5, 0.6) is 0 Å². The molecule has 2 heteroatoms. The maximum atomic E-state index is 9.37. The number of hydrogen-bond acceptors (Lipinski definition) is 2. The lowest BCUT2D eigenvalue weighted by Crippen LogP contribution is -2.44. The van der Waals surface area contributed by atoms with Crippen molar-refractivity contribution in [3.63, 3.8) is 0 Å². The molecule has 0 spiro atoms. The van der Waals surface area contributed by atoms with Gasteiger partial charge in [0.25, 0.3) is 0 Å². The fourth-order valence-corrected chi connectivity index (χ4v) is 3.27. The number of aliphatic hydroxyl groups is 1. The van der Waals surface area contributed by atoms with Gasteiger partial charge in [-0.2, -0.15) is 0 Å². The molecule has 2 nitrogen and oxygen atoms in total. The van der Waals surface area contributed by atoms with Gasteiger partial charge in [-0.05, 0) is 49.6 Å². The van der Waals surface area contributed by atoms with E-state index in [2.05, 4.69) is 35.2 Å². The molecule has 0 unspecified atom stereocenters. The van der Waals surface area contributed by atoms with Gasteiger partial charge in [0.1, 0.15) is 0 Å². The van der Waals surface area contributed by atoms with Crippen molar-refractivity contribution in [3.05, 3.63) is 35.9 Å². The Morgan fingerprint density at radius 2 is 1.89 bits per heavy atom.